The standard InChI is InChI=1S/C19H17NO/c1-15-9-10-16(14-21-18-8-5-11-20-13-18)12-19(15)17-6-3-2-4-7-17/h2-13H,14H2,1H3. The molecule has 1 aromatic heterocycles. The molecule has 3 rings (SSSR count). The molecule has 0 bridgehead atoms. The Balaban J connectivity index is 1.81. The lowest BCUT2D eigenvalue weighted by molar-refractivity contribution is 0.305. The predicted molar refractivity (Wildman–Crippen MR) is 85.2 cm³/mol. The summed E-state index contributed by atoms with van der Waals surface area (Å²) >= 11 is 0. The van der Waals surface area contributed by atoms with E-state index in [1.807, 2.05) is 18.2 Å². The van der Waals surface area contributed by atoms with Crippen LogP contribution in [0.2, 0.25) is 0 Å². The molecule has 0 spiro atoms. The van der Waals surface area contributed by atoms with E-state index < -0.39 is 0 Å². The summed E-state index contributed by atoms with van der Waals surface area (Å²) < 4.78 is 5.76. The molecule has 0 aliphatic heterocycles. The predicted octanol–water partition coefficient (Wildman–Crippen LogP) is 4.64. The Bertz CT molecular complexity index is 708. The fraction of sp³-hybridized carbons (Fsp3) is 0.105. The maximum absolute atomic E-state index is 5.76. The zero-order valence-electron chi connectivity index (χ0n) is 12.0. The summed E-state index contributed by atoms with van der Waals surface area (Å²) in [6.07, 6.45) is 3.47. The second kappa shape index (κ2) is 6.23. The lowest BCUT2D eigenvalue weighted by Gasteiger charge is -2.10. The van der Waals surface area contributed by atoms with Crippen LogP contribution in [0.5, 0.6) is 5.75 Å². The summed E-state index contributed by atoms with van der Waals surface area (Å²) in [7, 11) is 0. The highest BCUT2D eigenvalue weighted by Gasteiger charge is 2.04. The molecule has 2 aromatic carbocycles. The summed E-state index contributed by atoms with van der Waals surface area (Å²) in [5.41, 5.74) is 4.91. The fourth-order valence-electron chi connectivity index (χ4n) is 2.29. The van der Waals surface area contributed by atoms with Crippen molar-refractivity contribution in [3.8, 4) is 16.9 Å². The SMILES string of the molecule is Cc1ccc(COc2cccnc2)cc1-c1ccccc1. The Kier molecular flexibility index (Phi) is 3.97. The van der Waals surface area contributed by atoms with Crippen molar-refractivity contribution in [2.24, 2.45) is 0 Å². The van der Waals surface area contributed by atoms with Gasteiger partial charge in [0.25, 0.3) is 0 Å². The van der Waals surface area contributed by atoms with Crippen LogP contribution in [0.15, 0.2) is 73.1 Å². The smallest absolute Gasteiger partial charge is 0.138 e. The van der Waals surface area contributed by atoms with Gasteiger partial charge in [-0.3, -0.25) is 4.98 Å². The van der Waals surface area contributed by atoms with Gasteiger partial charge in [-0.05, 0) is 47.4 Å². The van der Waals surface area contributed by atoms with Gasteiger partial charge >= 0.3 is 0 Å². The molecule has 0 atom stereocenters. The van der Waals surface area contributed by atoms with Crippen molar-refractivity contribution >= 4 is 0 Å². The number of hydrogen-bond donors (Lipinski definition) is 0. The molecular weight excluding hydrogens is 258 g/mol. The van der Waals surface area contributed by atoms with Crippen LogP contribution >= 0.6 is 0 Å². The minimum atomic E-state index is 0.547. The Morgan fingerprint density at radius 2 is 1.81 bits per heavy atom. The van der Waals surface area contributed by atoms with E-state index in [4.69, 9.17) is 4.74 Å². The maximum Gasteiger partial charge on any atom is 0.138 e. The normalized spacial score (nSPS) is 10.3. The first-order valence-corrected chi connectivity index (χ1v) is 7.01. The van der Waals surface area contributed by atoms with Crippen molar-refractivity contribution in [1.29, 1.82) is 0 Å². The van der Waals surface area contributed by atoms with E-state index in [0.717, 1.165) is 11.3 Å². The number of aromatic nitrogens is 1. The van der Waals surface area contributed by atoms with Gasteiger partial charge < -0.3 is 4.74 Å². The van der Waals surface area contributed by atoms with E-state index in [1.54, 1.807) is 12.4 Å². The topological polar surface area (TPSA) is 22.1 Å². The molecule has 104 valence electrons. The highest BCUT2D eigenvalue weighted by molar-refractivity contribution is 5.67. The molecule has 2 heteroatoms. The third-order valence-corrected chi connectivity index (χ3v) is 3.43. The summed E-state index contributed by atoms with van der Waals surface area (Å²) in [5, 5.41) is 0. The lowest BCUT2D eigenvalue weighted by atomic mass is 9.98. The summed E-state index contributed by atoms with van der Waals surface area (Å²) in [6, 6.07) is 20.7. The number of nitrogens with zero attached hydrogens (tertiary/aromatic N) is 1. The Labute approximate surface area is 125 Å². The van der Waals surface area contributed by atoms with Crippen LogP contribution in [0.3, 0.4) is 0 Å². The summed E-state index contributed by atoms with van der Waals surface area (Å²) in [6.45, 7) is 2.68. The van der Waals surface area contributed by atoms with Crippen LogP contribution in [0, 0.1) is 6.92 Å². The number of pyridine rings is 1. The average molecular weight is 275 g/mol. The molecule has 1 heterocycles. The average Bonchev–Trinajstić information content (AvgIpc) is 2.56. The molecule has 21 heavy (non-hydrogen) atoms. The number of aryl methyl sites for hydroxylation is 1. The van der Waals surface area contributed by atoms with Crippen molar-refractivity contribution in [3.63, 3.8) is 0 Å². The van der Waals surface area contributed by atoms with Gasteiger partial charge in [0, 0.05) is 6.20 Å². The molecule has 0 amide bonds. The quantitative estimate of drug-likeness (QED) is 0.692. The summed E-state index contributed by atoms with van der Waals surface area (Å²) in [5.74, 6) is 0.791. The Hall–Kier alpha value is -2.61. The zero-order valence-corrected chi connectivity index (χ0v) is 12.0. The van der Waals surface area contributed by atoms with Gasteiger partial charge in [0.15, 0.2) is 0 Å². The number of ether oxygens (including phenoxy) is 1. The fourth-order valence-corrected chi connectivity index (χ4v) is 2.29. The first-order valence-electron chi connectivity index (χ1n) is 7.01. The molecule has 3 aromatic rings. The number of hydrogen-bond acceptors (Lipinski definition) is 2. The third kappa shape index (κ3) is 3.29. The molecule has 0 aliphatic rings. The van der Waals surface area contributed by atoms with E-state index in [1.165, 1.54) is 16.7 Å². The van der Waals surface area contributed by atoms with Gasteiger partial charge in [-0.15, -0.1) is 0 Å². The van der Waals surface area contributed by atoms with Crippen LogP contribution in [0.25, 0.3) is 11.1 Å². The molecule has 0 unspecified atom stereocenters. The monoisotopic (exact) mass is 275 g/mol. The van der Waals surface area contributed by atoms with Crippen molar-refractivity contribution in [2.45, 2.75) is 13.5 Å². The molecule has 0 saturated carbocycles. The van der Waals surface area contributed by atoms with Gasteiger partial charge in [-0.25, -0.2) is 0 Å². The second-order valence-corrected chi connectivity index (χ2v) is 4.99. The van der Waals surface area contributed by atoms with Crippen LogP contribution in [0.1, 0.15) is 11.1 Å². The van der Waals surface area contributed by atoms with E-state index in [2.05, 4.69) is 54.4 Å². The highest BCUT2D eigenvalue weighted by Crippen LogP contribution is 2.24. The first kappa shape index (κ1) is 13.4. The van der Waals surface area contributed by atoms with E-state index >= 15 is 0 Å². The maximum atomic E-state index is 5.76. The zero-order chi connectivity index (χ0) is 14.5. The second-order valence-electron chi connectivity index (χ2n) is 4.99. The molecule has 0 N–H and O–H groups in total. The van der Waals surface area contributed by atoms with Crippen LogP contribution < -0.4 is 4.74 Å². The molecule has 0 saturated heterocycles. The number of rotatable bonds is 4. The minimum Gasteiger partial charge on any atom is -0.487 e. The first-order chi connectivity index (χ1) is 10.3. The molecular formula is C19H17NO. The van der Waals surface area contributed by atoms with Gasteiger partial charge in [0.2, 0.25) is 0 Å². The Morgan fingerprint density at radius 1 is 0.952 bits per heavy atom. The minimum absolute atomic E-state index is 0.547. The van der Waals surface area contributed by atoms with Gasteiger partial charge in [0.05, 0.1) is 6.20 Å². The third-order valence-electron chi connectivity index (χ3n) is 3.43. The van der Waals surface area contributed by atoms with E-state index in [0.29, 0.717) is 6.61 Å². The number of benzene rings is 2. The molecule has 0 fully saturated rings. The molecule has 0 radical (unpaired) electrons. The van der Waals surface area contributed by atoms with Crippen molar-refractivity contribution in [3.05, 3.63) is 84.2 Å². The van der Waals surface area contributed by atoms with Crippen LogP contribution in [0.4, 0.5) is 0 Å². The van der Waals surface area contributed by atoms with E-state index in [9.17, 15) is 0 Å². The van der Waals surface area contributed by atoms with Crippen molar-refractivity contribution in [2.75, 3.05) is 0 Å². The van der Waals surface area contributed by atoms with Crippen LogP contribution in [-0.2, 0) is 6.61 Å². The summed E-state index contributed by atoms with van der Waals surface area (Å²) in [4.78, 5) is 4.05. The molecule has 0 aliphatic carbocycles. The van der Waals surface area contributed by atoms with Crippen molar-refractivity contribution < 1.29 is 4.74 Å². The highest BCUT2D eigenvalue weighted by atomic mass is 16.5. The Morgan fingerprint density at radius 3 is 2.57 bits per heavy atom. The largest absolute Gasteiger partial charge is 0.487 e. The lowest BCUT2D eigenvalue weighted by Crippen LogP contribution is -1.96. The molecule has 2 nitrogen and oxygen atoms in total. The van der Waals surface area contributed by atoms with Gasteiger partial charge in [0.1, 0.15) is 12.4 Å². The van der Waals surface area contributed by atoms with E-state index in [-0.39, 0.29) is 0 Å². The van der Waals surface area contributed by atoms with Crippen molar-refractivity contribution in [1.82, 2.24) is 4.98 Å². The van der Waals surface area contributed by atoms with Gasteiger partial charge in [-0.2, -0.15) is 0 Å². The van der Waals surface area contributed by atoms with Gasteiger partial charge in [-0.1, -0.05) is 42.5 Å². The van der Waals surface area contributed by atoms with Crippen LogP contribution in [-0.4, -0.2) is 4.98 Å².